The lowest BCUT2D eigenvalue weighted by atomic mass is 9.97. The van der Waals surface area contributed by atoms with E-state index in [-0.39, 0.29) is 11.8 Å². The first-order chi connectivity index (χ1) is 13.2. The summed E-state index contributed by atoms with van der Waals surface area (Å²) in [5.41, 5.74) is 3.10. The van der Waals surface area contributed by atoms with Crippen LogP contribution in [0.2, 0.25) is 0 Å². The molecule has 5 nitrogen and oxygen atoms in total. The molecule has 27 heavy (non-hydrogen) atoms. The maximum Gasteiger partial charge on any atom is 0.251 e. The van der Waals surface area contributed by atoms with Crippen LogP contribution in [0.4, 0.5) is 0 Å². The summed E-state index contributed by atoms with van der Waals surface area (Å²) in [5, 5.41) is 7.85. The first-order valence-corrected chi connectivity index (χ1v) is 9.60. The van der Waals surface area contributed by atoms with Crippen molar-refractivity contribution in [3.63, 3.8) is 0 Å². The van der Waals surface area contributed by atoms with Gasteiger partial charge in [-0.1, -0.05) is 24.3 Å². The first kappa shape index (κ1) is 17.7. The number of fused-ring (bicyclic) bond motifs is 1. The number of hydrogen-bond acceptors (Lipinski definition) is 3. The number of carbonyl (C=O) groups excluding carboxylic acids is 2. The molecule has 0 spiro atoms. The monoisotopic (exact) mass is 364 g/mol. The van der Waals surface area contributed by atoms with Gasteiger partial charge in [0.2, 0.25) is 5.91 Å². The molecule has 2 heterocycles. The highest BCUT2D eigenvalue weighted by Crippen LogP contribution is 2.26. The van der Waals surface area contributed by atoms with Crippen molar-refractivity contribution in [3.8, 4) is 0 Å². The van der Waals surface area contributed by atoms with Crippen molar-refractivity contribution in [3.05, 3.63) is 53.6 Å². The van der Waals surface area contributed by atoms with Gasteiger partial charge >= 0.3 is 0 Å². The third-order valence-electron chi connectivity index (χ3n) is 5.28. The Balaban J connectivity index is 1.53. The summed E-state index contributed by atoms with van der Waals surface area (Å²) in [6.07, 6.45) is 5.64. The van der Waals surface area contributed by atoms with Crippen LogP contribution < -0.4 is 10.6 Å². The molecule has 1 saturated heterocycles. The Labute approximate surface area is 158 Å². The van der Waals surface area contributed by atoms with Gasteiger partial charge in [0.25, 0.3) is 5.91 Å². The van der Waals surface area contributed by atoms with E-state index in [4.69, 9.17) is 4.74 Å². The Morgan fingerprint density at radius 1 is 1.11 bits per heavy atom. The summed E-state index contributed by atoms with van der Waals surface area (Å²) in [7, 11) is 0. The average molecular weight is 364 g/mol. The fourth-order valence-corrected chi connectivity index (χ4v) is 3.69. The van der Waals surface area contributed by atoms with Gasteiger partial charge in [-0.3, -0.25) is 9.59 Å². The van der Waals surface area contributed by atoms with Crippen molar-refractivity contribution in [2.75, 3.05) is 19.8 Å². The van der Waals surface area contributed by atoms with Gasteiger partial charge in [-0.15, -0.1) is 0 Å². The van der Waals surface area contributed by atoms with Gasteiger partial charge in [0.05, 0.1) is 13.2 Å². The number of amides is 2. The fraction of sp³-hybridized carbons (Fsp3) is 0.364. The van der Waals surface area contributed by atoms with Crippen LogP contribution in [-0.2, 0) is 9.53 Å². The van der Waals surface area contributed by atoms with E-state index in [0.29, 0.717) is 25.1 Å². The van der Waals surface area contributed by atoms with Crippen LogP contribution >= 0.6 is 0 Å². The molecule has 2 aliphatic heterocycles. The summed E-state index contributed by atoms with van der Waals surface area (Å²) < 4.78 is 5.38. The SMILES string of the molecule is O=C(NC1CCCCNC1=O)c1ccc2cc(C3=CCOCC3)ccc2c1. The lowest BCUT2D eigenvalue weighted by Gasteiger charge is -2.16. The fourth-order valence-electron chi connectivity index (χ4n) is 3.69. The standard InChI is InChI=1S/C22H24N2O3/c25-21(24-20-3-1-2-10-23-22(20)26)19-7-6-17-13-16(4-5-18(17)14-19)15-8-11-27-12-9-15/h4-8,13-14,20H,1-3,9-12H2,(H,23,26)(H,24,25). The van der Waals surface area contributed by atoms with E-state index < -0.39 is 6.04 Å². The van der Waals surface area contributed by atoms with Crippen molar-refractivity contribution in [2.24, 2.45) is 0 Å². The van der Waals surface area contributed by atoms with E-state index in [2.05, 4.69) is 34.9 Å². The van der Waals surface area contributed by atoms with Gasteiger partial charge in [0.15, 0.2) is 0 Å². The summed E-state index contributed by atoms with van der Waals surface area (Å²) in [5.74, 6) is -0.286. The van der Waals surface area contributed by atoms with Gasteiger partial charge < -0.3 is 15.4 Å². The zero-order valence-corrected chi connectivity index (χ0v) is 15.3. The topological polar surface area (TPSA) is 67.4 Å². The van der Waals surface area contributed by atoms with Crippen LogP contribution in [0.3, 0.4) is 0 Å². The third kappa shape index (κ3) is 4.03. The highest BCUT2D eigenvalue weighted by Gasteiger charge is 2.23. The predicted octanol–water partition coefficient (Wildman–Crippen LogP) is 3.04. The average Bonchev–Trinajstić information content (AvgIpc) is 2.92. The van der Waals surface area contributed by atoms with Crippen LogP contribution in [-0.4, -0.2) is 37.6 Å². The van der Waals surface area contributed by atoms with Gasteiger partial charge in [-0.25, -0.2) is 0 Å². The summed E-state index contributed by atoms with van der Waals surface area (Å²) >= 11 is 0. The smallest absolute Gasteiger partial charge is 0.251 e. The molecule has 0 aromatic heterocycles. The number of nitrogens with one attached hydrogen (secondary N) is 2. The molecular weight excluding hydrogens is 340 g/mol. The minimum Gasteiger partial charge on any atom is -0.377 e. The lowest BCUT2D eigenvalue weighted by molar-refractivity contribution is -0.122. The van der Waals surface area contributed by atoms with Crippen LogP contribution in [0, 0.1) is 0 Å². The van der Waals surface area contributed by atoms with Gasteiger partial charge in [-0.05, 0) is 65.8 Å². The summed E-state index contributed by atoms with van der Waals surface area (Å²) in [4.78, 5) is 24.7. The Morgan fingerprint density at radius 2 is 1.96 bits per heavy atom. The van der Waals surface area contributed by atoms with E-state index in [9.17, 15) is 9.59 Å². The number of ether oxygens (including phenoxy) is 1. The van der Waals surface area contributed by atoms with Crippen molar-refractivity contribution in [2.45, 2.75) is 31.7 Å². The molecule has 4 rings (SSSR count). The molecule has 0 bridgehead atoms. The maximum atomic E-state index is 12.6. The molecule has 2 aromatic rings. The number of rotatable bonds is 3. The third-order valence-corrected chi connectivity index (χ3v) is 5.28. The lowest BCUT2D eigenvalue weighted by Crippen LogP contribution is -2.45. The largest absolute Gasteiger partial charge is 0.377 e. The molecule has 2 aliphatic rings. The van der Waals surface area contributed by atoms with Gasteiger partial charge in [0.1, 0.15) is 6.04 Å². The number of benzene rings is 2. The predicted molar refractivity (Wildman–Crippen MR) is 105 cm³/mol. The van der Waals surface area contributed by atoms with Crippen LogP contribution in [0.1, 0.15) is 41.6 Å². The van der Waals surface area contributed by atoms with E-state index >= 15 is 0 Å². The molecule has 0 saturated carbocycles. The molecule has 140 valence electrons. The molecule has 1 fully saturated rings. The molecule has 1 atom stereocenters. The van der Waals surface area contributed by atoms with Gasteiger partial charge in [-0.2, -0.15) is 0 Å². The molecule has 1 unspecified atom stereocenters. The highest BCUT2D eigenvalue weighted by atomic mass is 16.5. The van der Waals surface area contributed by atoms with Crippen molar-refractivity contribution < 1.29 is 14.3 Å². The maximum absolute atomic E-state index is 12.6. The second kappa shape index (κ2) is 7.92. The van der Waals surface area contributed by atoms with Crippen molar-refractivity contribution >= 4 is 28.2 Å². The molecule has 2 amide bonds. The van der Waals surface area contributed by atoms with Crippen molar-refractivity contribution in [1.82, 2.24) is 10.6 Å². The zero-order chi connectivity index (χ0) is 18.6. The number of hydrogen-bond donors (Lipinski definition) is 2. The quantitative estimate of drug-likeness (QED) is 0.880. The second-order valence-electron chi connectivity index (χ2n) is 7.14. The Bertz CT molecular complexity index is 904. The molecular formula is C22H24N2O3. The molecule has 2 N–H and O–H groups in total. The van der Waals surface area contributed by atoms with E-state index in [1.165, 1.54) is 11.1 Å². The number of carbonyl (C=O) groups is 2. The normalized spacial score (nSPS) is 20.5. The highest BCUT2D eigenvalue weighted by molar-refractivity contribution is 6.01. The van der Waals surface area contributed by atoms with Crippen LogP contribution in [0.5, 0.6) is 0 Å². The Kier molecular flexibility index (Phi) is 5.21. The molecule has 0 radical (unpaired) electrons. The first-order valence-electron chi connectivity index (χ1n) is 9.60. The van der Waals surface area contributed by atoms with Crippen LogP contribution in [0.25, 0.3) is 16.3 Å². The molecule has 5 heteroatoms. The minimum absolute atomic E-state index is 0.0870. The van der Waals surface area contributed by atoms with Gasteiger partial charge in [0, 0.05) is 12.1 Å². The van der Waals surface area contributed by atoms with Crippen molar-refractivity contribution in [1.29, 1.82) is 0 Å². The Morgan fingerprint density at radius 3 is 2.81 bits per heavy atom. The van der Waals surface area contributed by atoms with E-state index in [1.54, 1.807) is 0 Å². The zero-order valence-electron chi connectivity index (χ0n) is 15.3. The van der Waals surface area contributed by atoms with Crippen LogP contribution in [0.15, 0.2) is 42.5 Å². The molecule has 0 aliphatic carbocycles. The molecule has 2 aromatic carbocycles. The summed E-state index contributed by atoms with van der Waals surface area (Å²) in [6, 6.07) is 11.6. The Hall–Kier alpha value is -2.66. The second-order valence-corrected chi connectivity index (χ2v) is 7.14. The van der Waals surface area contributed by atoms with E-state index in [0.717, 1.165) is 36.6 Å². The van der Waals surface area contributed by atoms with E-state index in [1.807, 2.05) is 18.2 Å². The minimum atomic E-state index is -0.446. The summed E-state index contributed by atoms with van der Waals surface area (Å²) in [6.45, 7) is 2.12.